The average Bonchev–Trinajstić information content (AvgIpc) is 2.45. The fourth-order valence-corrected chi connectivity index (χ4v) is 1.95. The maximum atomic E-state index is 10.6. The van der Waals surface area contributed by atoms with Gasteiger partial charge in [0, 0.05) is 6.42 Å². The molecular formula is C16H24O4. The molecule has 20 heavy (non-hydrogen) atoms. The Labute approximate surface area is 120 Å². The van der Waals surface area contributed by atoms with Gasteiger partial charge in [0.05, 0.1) is 13.7 Å². The zero-order chi connectivity index (χ0) is 14.8. The van der Waals surface area contributed by atoms with Crippen molar-refractivity contribution in [2.45, 2.75) is 45.4 Å². The first-order valence-electron chi connectivity index (χ1n) is 7.19. The minimum absolute atomic E-state index is 0.127. The van der Waals surface area contributed by atoms with Crippen molar-refractivity contribution >= 4 is 5.97 Å². The Kier molecular flexibility index (Phi) is 7.55. The van der Waals surface area contributed by atoms with Gasteiger partial charge < -0.3 is 14.6 Å². The summed E-state index contributed by atoms with van der Waals surface area (Å²) in [5.41, 5.74) is 0.955. The molecule has 1 aromatic carbocycles. The van der Waals surface area contributed by atoms with Gasteiger partial charge >= 0.3 is 5.97 Å². The van der Waals surface area contributed by atoms with Gasteiger partial charge in [0.15, 0.2) is 11.5 Å². The quantitative estimate of drug-likeness (QED) is 0.664. The molecule has 0 atom stereocenters. The molecule has 1 rings (SSSR count). The number of carboxylic acids is 1. The van der Waals surface area contributed by atoms with E-state index in [0.29, 0.717) is 24.5 Å². The number of carbonyl (C=O) groups is 1. The molecule has 1 N–H and O–H groups in total. The molecule has 0 saturated heterocycles. The Morgan fingerprint density at radius 1 is 1.20 bits per heavy atom. The summed E-state index contributed by atoms with van der Waals surface area (Å²) in [4.78, 5) is 10.6. The molecule has 4 nitrogen and oxygen atoms in total. The van der Waals surface area contributed by atoms with E-state index < -0.39 is 5.97 Å². The smallest absolute Gasteiger partial charge is 0.303 e. The van der Waals surface area contributed by atoms with Crippen molar-refractivity contribution in [3.05, 3.63) is 23.8 Å². The second kappa shape index (κ2) is 9.23. The van der Waals surface area contributed by atoms with Gasteiger partial charge in [-0.15, -0.1) is 0 Å². The van der Waals surface area contributed by atoms with Gasteiger partial charge in [0.2, 0.25) is 0 Å². The largest absolute Gasteiger partial charge is 0.493 e. The Bertz CT molecular complexity index is 415. The number of unbranched alkanes of at least 4 members (excludes halogenated alkanes) is 3. The molecule has 0 aromatic heterocycles. The summed E-state index contributed by atoms with van der Waals surface area (Å²) >= 11 is 0. The van der Waals surface area contributed by atoms with Crippen LogP contribution in [-0.2, 0) is 11.2 Å². The average molecular weight is 280 g/mol. The van der Waals surface area contributed by atoms with E-state index in [1.807, 2.05) is 18.2 Å². The number of hydrogen-bond acceptors (Lipinski definition) is 3. The number of methoxy groups -OCH3 is 1. The summed E-state index contributed by atoms with van der Waals surface area (Å²) in [6.45, 7) is 2.84. The third-order valence-electron chi connectivity index (χ3n) is 3.11. The van der Waals surface area contributed by atoms with E-state index in [1.54, 1.807) is 7.11 Å². The van der Waals surface area contributed by atoms with Crippen molar-refractivity contribution in [1.29, 1.82) is 0 Å². The maximum absolute atomic E-state index is 10.6. The summed E-state index contributed by atoms with van der Waals surface area (Å²) in [6, 6.07) is 5.59. The Balaban J connectivity index is 2.56. The van der Waals surface area contributed by atoms with Crippen LogP contribution in [0.4, 0.5) is 0 Å². The third-order valence-corrected chi connectivity index (χ3v) is 3.11. The molecular weight excluding hydrogens is 256 g/mol. The maximum Gasteiger partial charge on any atom is 0.303 e. The number of carboxylic acid groups (broad SMARTS) is 1. The Hall–Kier alpha value is -1.71. The van der Waals surface area contributed by atoms with Gasteiger partial charge in [0.1, 0.15) is 0 Å². The van der Waals surface area contributed by atoms with E-state index in [-0.39, 0.29) is 6.42 Å². The van der Waals surface area contributed by atoms with Crippen LogP contribution in [0.5, 0.6) is 11.5 Å². The highest BCUT2D eigenvalue weighted by atomic mass is 16.5. The van der Waals surface area contributed by atoms with Crippen LogP contribution in [0.1, 0.15) is 44.6 Å². The van der Waals surface area contributed by atoms with Crippen molar-refractivity contribution in [2.24, 2.45) is 0 Å². The monoisotopic (exact) mass is 280 g/mol. The highest BCUT2D eigenvalue weighted by Crippen LogP contribution is 2.28. The van der Waals surface area contributed by atoms with E-state index in [4.69, 9.17) is 14.6 Å². The van der Waals surface area contributed by atoms with Gasteiger partial charge in [-0.25, -0.2) is 0 Å². The van der Waals surface area contributed by atoms with Crippen LogP contribution in [0.2, 0.25) is 0 Å². The molecule has 0 aliphatic heterocycles. The SMILES string of the molecule is CCCCCCOc1cc(CCC(=O)O)ccc1OC. The highest BCUT2D eigenvalue weighted by molar-refractivity contribution is 5.67. The van der Waals surface area contributed by atoms with Gasteiger partial charge in [0.25, 0.3) is 0 Å². The highest BCUT2D eigenvalue weighted by Gasteiger charge is 2.07. The first-order chi connectivity index (χ1) is 9.67. The molecule has 0 aliphatic carbocycles. The first kappa shape index (κ1) is 16.3. The summed E-state index contributed by atoms with van der Waals surface area (Å²) in [6.07, 6.45) is 5.24. The van der Waals surface area contributed by atoms with Crippen molar-refractivity contribution in [1.82, 2.24) is 0 Å². The van der Waals surface area contributed by atoms with E-state index in [1.165, 1.54) is 12.8 Å². The number of hydrogen-bond donors (Lipinski definition) is 1. The van der Waals surface area contributed by atoms with Crippen LogP contribution in [0.3, 0.4) is 0 Å². The van der Waals surface area contributed by atoms with Gasteiger partial charge in [-0.2, -0.15) is 0 Å². The standard InChI is InChI=1S/C16H24O4/c1-3-4-5-6-11-20-15-12-13(8-10-16(17)18)7-9-14(15)19-2/h7,9,12H,3-6,8,10-11H2,1-2H3,(H,17,18). The van der Waals surface area contributed by atoms with Crippen LogP contribution in [0.25, 0.3) is 0 Å². The van der Waals surface area contributed by atoms with Crippen LogP contribution in [0.15, 0.2) is 18.2 Å². The molecule has 0 radical (unpaired) electrons. The molecule has 112 valence electrons. The molecule has 0 amide bonds. The summed E-state index contributed by atoms with van der Waals surface area (Å²) in [7, 11) is 1.61. The lowest BCUT2D eigenvalue weighted by molar-refractivity contribution is -0.136. The second-order valence-corrected chi connectivity index (χ2v) is 4.79. The molecule has 0 saturated carbocycles. The number of ether oxygens (including phenoxy) is 2. The zero-order valence-corrected chi connectivity index (χ0v) is 12.4. The molecule has 0 unspecified atom stereocenters. The molecule has 0 bridgehead atoms. The third kappa shape index (κ3) is 5.95. The number of aliphatic carboxylic acids is 1. The molecule has 0 spiro atoms. The van der Waals surface area contributed by atoms with Crippen molar-refractivity contribution in [3.63, 3.8) is 0 Å². The summed E-state index contributed by atoms with van der Waals surface area (Å²) in [5.74, 6) is 0.606. The molecule has 4 heteroatoms. The van der Waals surface area contributed by atoms with Gasteiger partial charge in [-0.3, -0.25) is 4.79 Å². The topological polar surface area (TPSA) is 55.8 Å². The fourth-order valence-electron chi connectivity index (χ4n) is 1.95. The minimum atomic E-state index is -0.789. The summed E-state index contributed by atoms with van der Waals surface area (Å²) in [5, 5.41) is 8.71. The lowest BCUT2D eigenvalue weighted by atomic mass is 10.1. The van der Waals surface area contributed by atoms with Crippen LogP contribution in [0, 0.1) is 0 Å². The van der Waals surface area contributed by atoms with E-state index in [9.17, 15) is 4.79 Å². The normalized spacial score (nSPS) is 10.3. The Morgan fingerprint density at radius 2 is 2.00 bits per heavy atom. The lowest BCUT2D eigenvalue weighted by Gasteiger charge is -2.12. The van der Waals surface area contributed by atoms with E-state index in [0.717, 1.165) is 18.4 Å². The Morgan fingerprint density at radius 3 is 2.65 bits per heavy atom. The van der Waals surface area contributed by atoms with Crippen LogP contribution >= 0.6 is 0 Å². The fraction of sp³-hybridized carbons (Fsp3) is 0.562. The molecule has 0 aliphatic rings. The number of rotatable bonds is 10. The predicted molar refractivity (Wildman–Crippen MR) is 78.6 cm³/mol. The lowest BCUT2D eigenvalue weighted by Crippen LogP contribution is -2.01. The van der Waals surface area contributed by atoms with Crippen LogP contribution in [-0.4, -0.2) is 24.8 Å². The minimum Gasteiger partial charge on any atom is -0.493 e. The van der Waals surface area contributed by atoms with Crippen LogP contribution < -0.4 is 9.47 Å². The van der Waals surface area contributed by atoms with Crippen molar-refractivity contribution < 1.29 is 19.4 Å². The first-order valence-corrected chi connectivity index (χ1v) is 7.19. The van der Waals surface area contributed by atoms with Gasteiger partial charge in [-0.05, 0) is 30.5 Å². The summed E-state index contributed by atoms with van der Waals surface area (Å²) < 4.78 is 11.0. The number of aryl methyl sites for hydroxylation is 1. The number of benzene rings is 1. The molecule has 1 aromatic rings. The van der Waals surface area contributed by atoms with Crippen molar-refractivity contribution in [2.75, 3.05) is 13.7 Å². The van der Waals surface area contributed by atoms with Gasteiger partial charge in [-0.1, -0.05) is 32.3 Å². The van der Waals surface area contributed by atoms with Crippen molar-refractivity contribution in [3.8, 4) is 11.5 Å². The molecule has 0 heterocycles. The second-order valence-electron chi connectivity index (χ2n) is 4.79. The van der Waals surface area contributed by atoms with E-state index >= 15 is 0 Å². The van der Waals surface area contributed by atoms with E-state index in [2.05, 4.69) is 6.92 Å². The predicted octanol–water partition coefficient (Wildman–Crippen LogP) is 3.67. The molecule has 0 fully saturated rings. The zero-order valence-electron chi connectivity index (χ0n) is 12.4.